The zero-order valence-electron chi connectivity index (χ0n) is 7.86. The minimum absolute atomic E-state index is 0.182. The summed E-state index contributed by atoms with van der Waals surface area (Å²) < 4.78 is 5.35. The Labute approximate surface area is 77.8 Å². The molecular weight excluding hydrogens is 166 g/mol. The first-order valence-electron chi connectivity index (χ1n) is 4.25. The van der Waals surface area contributed by atoms with Crippen molar-refractivity contribution in [3.8, 4) is 0 Å². The molecule has 0 aliphatic carbocycles. The predicted molar refractivity (Wildman–Crippen MR) is 49.5 cm³/mol. The molecule has 0 saturated carbocycles. The third-order valence-electron chi connectivity index (χ3n) is 1.51. The molecule has 0 spiro atoms. The number of carbonyl (C=O) groups excluding carboxylic acids is 1. The molecule has 70 valence electrons. The molecule has 0 aliphatic rings. The molecule has 3 heteroatoms. The van der Waals surface area contributed by atoms with Crippen LogP contribution in [0.3, 0.4) is 0 Å². The van der Waals surface area contributed by atoms with E-state index in [2.05, 4.69) is 4.98 Å². The molecule has 13 heavy (non-hydrogen) atoms. The van der Waals surface area contributed by atoms with Gasteiger partial charge in [-0.2, -0.15) is 0 Å². The monoisotopic (exact) mass is 179 g/mol. The van der Waals surface area contributed by atoms with Crippen molar-refractivity contribution in [3.63, 3.8) is 0 Å². The summed E-state index contributed by atoms with van der Waals surface area (Å²) in [5.74, 6) is 0. The van der Waals surface area contributed by atoms with E-state index in [-0.39, 0.29) is 6.10 Å². The number of nitrogens with zero attached hydrogens (tertiary/aromatic N) is 1. The van der Waals surface area contributed by atoms with E-state index in [1.54, 1.807) is 12.1 Å². The zero-order chi connectivity index (χ0) is 9.68. The summed E-state index contributed by atoms with van der Waals surface area (Å²) in [6.07, 6.45) is 0.917. The number of aldehydes is 1. The number of rotatable bonds is 4. The molecule has 0 amide bonds. The molecule has 0 atom stereocenters. The Kier molecular flexibility index (Phi) is 3.58. The molecule has 1 aromatic rings. The van der Waals surface area contributed by atoms with Gasteiger partial charge < -0.3 is 4.74 Å². The summed E-state index contributed by atoms with van der Waals surface area (Å²) >= 11 is 0. The second-order valence-electron chi connectivity index (χ2n) is 3.03. The van der Waals surface area contributed by atoms with Crippen LogP contribution in [0.5, 0.6) is 0 Å². The normalized spacial score (nSPS) is 10.4. The summed E-state index contributed by atoms with van der Waals surface area (Å²) in [6.45, 7) is 4.38. The first kappa shape index (κ1) is 9.86. The molecule has 0 unspecified atom stereocenters. The summed E-state index contributed by atoms with van der Waals surface area (Å²) in [6, 6.07) is 5.32. The van der Waals surface area contributed by atoms with E-state index < -0.39 is 0 Å². The number of hydrogen-bond donors (Lipinski definition) is 0. The van der Waals surface area contributed by atoms with Crippen LogP contribution < -0.4 is 0 Å². The second kappa shape index (κ2) is 4.72. The van der Waals surface area contributed by atoms with Gasteiger partial charge in [-0.3, -0.25) is 4.79 Å². The van der Waals surface area contributed by atoms with E-state index in [9.17, 15) is 4.79 Å². The SMILES string of the molecule is CC(C)OCc1cccc(C=O)n1. The minimum Gasteiger partial charge on any atom is -0.373 e. The molecule has 0 bridgehead atoms. The minimum atomic E-state index is 0.182. The number of carbonyl (C=O) groups is 1. The van der Waals surface area contributed by atoms with Gasteiger partial charge in [-0.15, -0.1) is 0 Å². The summed E-state index contributed by atoms with van der Waals surface area (Å²) in [5.41, 5.74) is 1.24. The van der Waals surface area contributed by atoms with Crippen LogP contribution in [0.4, 0.5) is 0 Å². The van der Waals surface area contributed by atoms with Crippen molar-refractivity contribution < 1.29 is 9.53 Å². The summed E-state index contributed by atoms with van der Waals surface area (Å²) in [4.78, 5) is 14.5. The van der Waals surface area contributed by atoms with Gasteiger partial charge in [-0.05, 0) is 26.0 Å². The largest absolute Gasteiger partial charge is 0.373 e. The molecule has 1 aromatic heterocycles. The van der Waals surface area contributed by atoms with Gasteiger partial charge in [0.15, 0.2) is 6.29 Å². The van der Waals surface area contributed by atoms with Crippen molar-refractivity contribution in [3.05, 3.63) is 29.6 Å². The highest BCUT2D eigenvalue weighted by Crippen LogP contribution is 2.01. The van der Waals surface area contributed by atoms with Crippen molar-refractivity contribution in [1.82, 2.24) is 4.98 Å². The van der Waals surface area contributed by atoms with Gasteiger partial charge in [0.1, 0.15) is 5.69 Å². The van der Waals surface area contributed by atoms with Crippen LogP contribution in [0.1, 0.15) is 30.0 Å². The van der Waals surface area contributed by atoms with E-state index in [0.717, 1.165) is 12.0 Å². The second-order valence-corrected chi connectivity index (χ2v) is 3.03. The molecule has 0 fully saturated rings. The number of hydrogen-bond acceptors (Lipinski definition) is 3. The van der Waals surface area contributed by atoms with Crippen molar-refractivity contribution in [1.29, 1.82) is 0 Å². The van der Waals surface area contributed by atoms with Crippen molar-refractivity contribution >= 4 is 6.29 Å². The Hall–Kier alpha value is -1.22. The molecular formula is C10H13NO2. The molecule has 0 aliphatic heterocycles. The Balaban J connectivity index is 2.61. The average Bonchev–Trinajstić information content (AvgIpc) is 2.15. The van der Waals surface area contributed by atoms with Gasteiger partial charge in [-0.25, -0.2) is 4.98 Å². The summed E-state index contributed by atoms with van der Waals surface area (Å²) in [5, 5.41) is 0. The Morgan fingerprint density at radius 3 is 2.92 bits per heavy atom. The van der Waals surface area contributed by atoms with E-state index in [1.165, 1.54) is 0 Å². The van der Waals surface area contributed by atoms with Gasteiger partial charge in [-0.1, -0.05) is 6.07 Å². The molecule has 0 saturated heterocycles. The number of pyridine rings is 1. The third kappa shape index (κ3) is 3.34. The fourth-order valence-electron chi connectivity index (χ4n) is 0.896. The highest BCUT2D eigenvalue weighted by molar-refractivity contribution is 5.71. The molecule has 0 N–H and O–H groups in total. The van der Waals surface area contributed by atoms with Crippen LogP contribution in [0, 0.1) is 0 Å². The average molecular weight is 179 g/mol. The van der Waals surface area contributed by atoms with Crippen LogP contribution in [-0.2, 0) is 11.3 Å². The number of aromatic nitrogens is 1. The lowest BCUT2D eigenvalue weighted by atomic mass is 10.3. The summed E-state index contributed by atoms with van der Waals surface area (Å²) in [7, 11) is 0. The zero-order valence-corrected chi connectivity index (χ0v) is 7.86. The van der Waals surface area contributed by atoms with E-state index in [1.807, 2.05) is 19.9 Å². The maximum Gasteiger partial charge on any atom is 0.168 e. The fourth-order valence-corrected chi connectivity index (χ4v) is 0.896. The van der Waals surface area contributed by atoms with Crippen LogP contribution >= 0.6 is 0 Å². The van der Waals surface area contributed by atoms with Crippen LogP contribution in [0.15, 0.2) is 18.2 Å². The molecule has 0 radical (unpaired) electrons. The maximum atomic E-state index is 10.4. The van der Waals surface area contributed by atoms with E-state index >= 15 is 0 Å². The first-order valence-corrected chi connectivity index (χ1v) is 4.25. The standard InChI is InChI=1S/C10H13NO2/c1-8(2)13-7-10-5-3-4-9(6-12)11-10/h3-6,8H,7H2,1-2H3. The Morgan fingerprint density at radius 2 is 2.31 bits per heavy atom. The molecule has 1 heterocycles. The van der Waals surface area contributed by atoms with E-state index in [0.29, 0.717) is 12.3 Å². The van der Waals surface area contributed by atoms with Crippen LogP contribution in [-0.4, -0.2) is 17.4 Å². The first-order chi connectivity index (χ1) is 6.22. The molecule has 1 rings (SSSR count). The lowest BCUT2D eigenvalue weighted by molar-refractivity contribution is 0.0635. The quantitative estimate of drug-likeness (QED) is 0.662. The Bertz CT molecular complexity index is 284. The fraction of sp³-hybridized carbons (Fsp3) is 0.400. The van der Waals surface area contributed by atoms with Crippen LogP contribution in [0.25, 0.3) is 0 Å². The topological polar surface area (TPSA) is 39.2 Å². The highest BCUT2D eigenvalue weighted by Gasteiger charge is 1.98. The number of ether oxygens (including phenoxy) is 1. The van der Waals surface area contributed by atoms with Crippen LogP contribution in [0.2, 0.25) is 0 Å². The molecule has 0 aromatic carbocycles. The Morgan fingerprint density at radius 1 is 1.54 bits per heavy atom. The molecule has 3 nitrogen and oxygen atoms in total. The lowest BCUT2D eigenvalue weighted by Crippen LogP contribution is -2.04. The van der Waals surface area contributed by atoms with E-state index in [4.69, 9.17) is 4.74 Å². The van der Waals surface area contributed by atoms with Crippen molar-refractivity contribution in [2.24, 2.45) is 0 Å². The van der Waals surface area contributed by atoms with Gasteiger partial charge in [0.05, 0.1) is 18.4 Å². The maximum absolute atomic E-state index is 10.4. The van der Waals surface area contributed by atoms with Gasteiger partial charge >= 0.3 is 0 Å². The van der Waals surface area contributed by atoms with Gasteiger partial charge in [0.25, 0.3) is 0 Å². The highest BCUT2D eigenvalue weighted by atomic mass is 16.5. The van der Waals surface area contributed by atoms with Crippen molar-refractivity contribution in [2.45, 2.75) is 26.6 Å². The van der Waals surface area contributed by atoms with Gasteiger partial charge in [0, 0.05) is 0 Å². The lowest BCUT2D eigenvalue weighted by Gasteiger charge is -2.06. The van der Waals surface area contributed by atoms with Gasteiger partial charge in [0.2, 0.25) is 0 Å². The predicted octanol–water partition coefficient (Wildman–Crippen LogP) is 1.82. The third-order valence-corrected chi connectivity index (χ3v) is 1.51. The smallest absolute Gasteiger partial charge is 0.168 e. The van der Waals surface area contributed by atoms with Crippen molar-refractivity contribution in [2.75, 3.05) is 0 Å².